The molecule has 29 heavy (non-hydrogen) atoms. The summed E-state index contributed by atoms with van der Waals surface area (Å²) in [4.78, 5) is 28.3. The van der Waals surface area contributed by atoms with Crippen molar-refractivity contribution in [3.8, 4) is 0 Å². The van der Waals surface area contributed by atoms with Crippen molar-refractivity contribution in [3.05, 3.63) is 41.9 Å². The number of carbonyl (C=O) groups is 2. The largest absolute Gasteiger partial charge is 0.465 e. The Labute approximate surface area is 169 Å². The number of amides is 1. The highest BCUT2D eigenvalue weighted by molar-refractivity contribution is 7.89. The first-order valence-corrected chi connectivity index (χ1v) is 10.7. The number of esters is 1. The molecule has 10 heteroatoms. The fraction of sp³-hybridized carbons (Fsp3) is 0.421. The lowest BCUT2D eigenvalue weighted by Crippen LogP contribution is -2.41. The minimum atomic E-state index is -3.67. The van der Waals surface area contributed by atoms with E-state index in [-0.39, 0.29) is 29.9 Å². The lowest BCUT2D eigenvalue weighted by Gasteiger charge is -2.29. The summed E-state index contributed by atoms with van der Waals surface area (Å²) in [7, 11) is -0.635. The number of nitrogens with zero attached hydrogens (tertiary/aromatic N) is 3. The number of anilines is 1. The van der Waals surface area contributed by atoms with Gasteiger partial charge in [-0.15, -0.1) is 0 Å². The van der Waals surface area contributed by atoms with Crippen LogP contribution < -0.4 is 5.32 Å². The molecule has 1 aliphatic rings. The van der Waals surface area contributed by atoms with Crippen molar-refractivity contribution in [1.29, 1.82) is 0 Å². The fourth-order valence-corrected chi connectivity index (χ4v) is 4.72. The molecule has 1 fully saturated rings. The van der Waals surface area contributed by atoms with E-state index < -0.39 is 16.0 Å². The molecule has 1 N–H and O–H groups in total. The SMILES string of the molecule is COC(=O)c1cccc(NC(=O)C2CCN(S(=O)(=O)c3cn(C)c(C)n3)CC2)c1. The molecular weight excluding hydrogens is 396 g/mol. The number of methoxy groups -OCH3 is 1. The molecule has 156 valence electrons. The van der Waals surface area contributed by atoms with Crippen LogP contribution in [0.5, 0.6) is 0 Å². The quantitative estimate of drug-likeness (QED) is 0.735. The summed E-state index contributed by atoms with van der Waals surface area (Å²) in [6.45, 7) is 2.24. The molecule has 2 aromatic rings. The Morgan fingerprint density at radius 3 is 2.52 bits per heavy atom. The molecular formula is C19H24N4O5S. The number of sulfonamides is 1. The summed E-state index contributed by atoms with van der Waals surface area (Å²) in [6, 6.07) is 6.50. The Hall–Kier alpha value is -2.72. The highest BCUT2D eigenvalue weighted by atomic mass is 32.2. The molecule has 0 radical (unpaired) electrons. The van der Waals surface area contributed by atoms with Crippen molar-refractivity contribution in [1.82, 2.24) is 13.9 Å². The first-order valence-electron chi connectivity index (χ1n) is 9.21. The number of hydrogen-bond donors (Lipinski definition) is 1. The average molecular weight is 420 g/mol. The van der Waals surface area contributed by atoms with Crippen molar-refractivity contribution in [2.75, 3.05) is 25.5 Å². The minimum Gasteiger partial charge on any atom is -0.465 e. The van der Waals surface area contributed by atoms with E-state index in [9.17, 15) is 18.0 Å². The van der Waals surface area contributed by atoms with Gasteiger partial charge in [0.2, 0.25) is 5.91 Å². The van der Waals surface area contributed by atoms with Crippen LogP contribution in [-0.2, 0) is 26.6 Å². The number of hydrogen-bond acceptors (Lipinski definition) is 6. The lowest BCUT2D eigenvalue weighted by atomic mass is 9.97. The van der Waals surface area contributed by atoms with Crippen LogP contribution in [0, 0.1) is 12.8 Å². The van der Waals surface area contributed by atoms with Crippen LogP contribution in [0.1, 0.15) is 29.0 Å². The summed E-state index contributed by atoms with van der Waals surface area (Å²) < 4.78 is 33.2. The number of piperidine rings is 1. The van der Waals surface area contributed by atoms with Gasteiger partial charge in [0.1, 0.15) is 5.82 Å². The third-order valence-electron chi connectivity index (χ3n) is 5.07. The van der Waals surface area contributed by atoms with E-state index in [2.05, 4.69) is 15.0 Å². The van der Waals surface area contributed by atoms with Crippen LogP contribution in [-0.4, -0.2) is 54.3 Å². The average Bonchev–Trinajstić information content (AvgIpc) is 3.07. The molecule has 0 saturated carbocycles. The van der Waals surface area contributed by atoms with Crippen molar-refractivity contribution < 1.29 is 22.7 Å². The molecule has 2 heterocycles. The number of aryl methyl sites for hydroxylation is 2. The Morgan fingerprint density at radius 2 is 1.93 bits per heavy atom. The molecule has 1 amide bonds. The van der Waals surface area contributed by atoms with Crippen LogP contribution in [0.3, 0.4) is 0 Å². The van der Waals surface area contributed by atoms with Crippen LogP contribution in [0.2, 0.25) is 0 Å². The van der Waals surface area contributed by atoms with Crippen LogP contribution in [0.4, 0.5) is 5.69 Å². The van der Waals surface area contributed by atoms with E-state index in [0.717, 1.165) is 0 Å². The van der Waals surface area contributed by atoms with Gasteiger partial charge >= 0.3 is 5.97 Å². The van der Waals surface area contributed by atoms with Gasteiger partial charge in [-0.05, 0) is 38.0 Å². The number of benzene rings is 1. The van der Waals surface area contributed by atoms with E-state index in [1.807, 2.05) is 0 Å². The van der Waals surface area contributed by atoms with Gasteiger partial charge in [0.15, 0.2) is 5.03 Å². The van der Waals surface area contributed by atoms with Crippen molar-refractivity contribution >= 4 is 27.6 Å². The molecule has 0 atom stereocenters. The first kappa shape index (κ1) is 21.0. The third-order valence-corrected chi connectivity index (χ3v) is 6.84. The van der Waals surface area contributed by atoms with Crippen LogP contribution in [0.15, 0.2) is 35.5 Å². The van der Waals surface area contributed by atoms with Gasteiger partial charge < -0.3 is 14.6 Å². The number of aromatic nitrogens is 2. The maximum absolute atomic E-state index is 12.8. The Kier molecular flexibility index (Phi) is 6.04. The van der Waals surface area contributed by atoms with Crippen LogP contribution >= 0.6 is 0 Å². The Balaban J connectivity index is 1.62. The number of ether oxygens (including phenoxy) is 1. The zero-order valence-corrected chi connectivity index (χ0v) is 17.4. The number of imidazole rings is 1. The summed E-state index contributed by atoms with van der Waals surface area (Å²) >= 11 is 0. The molecule has 1 aliphatic heterocycles. The predicted molar refractivity (Wildman–Crippen MR) is 106 cm³/mol. The van der Waals surface area contributed by atoms with Crippen molar-refractivity contribution in [2.45, 2.75) is 24.8 Å². The highest BCUT2D eigenvalue weighted by Crippen LogP contribution is 2.25. The zero-order chi connectivity index (χ0) is 21.2. The van der Waals surface area contributed by atoms with Crippen molar-refractivity contribution in [3.63, 3.8) is 0 Å². The normalized spacial score (nSPS) is 15.8. The monoisotopic (exact) mass is 420 g/mol. The van der Waals surface area contributed by atoms with Gasteiger partial charge in [0.05, 0.1) is 12.7 Å². The summed E-state index contributed by atoms with van der Waals surface area (Å²) in [5.74, 6) is -0.372. The molecule has 3 rings (SSSR count). The van der Waals surface area contributed by atoms with Crippen molar-refractivity contribution in [2.24, 2.45) is 13.0 Å². The van der Waals surface area contributed by atoms with E-state index in [1.165, 1.54) is 17.6 Å². The minimum absolute atomic E-state index is 0.0278. The van der Waals surface area contributed by atoms with Gasteiger partial charge in [0.25, 0.3) is 10.0 Å². The second kappa shape index (κ2) is 8.34. The highest BCUT2D eigenvalue weighted by Gasteiger charge is 2.33. The van der Waals surface area contributed by atoms with E-state index in [1.54, 1.807) is 42.8 Å². The standard InChI is InChI=1S/C19H24N4O5S/c1-13-20-17(12-22(13)2)29(26,27)23-9-7-14(8-10-23)18(24)21-16-6-4-5-15(11-16)19(25)28-3/h4-6,11-12,14H,7-10H2,1-3H3,(H,21,24). The molecule has 9 nitrogen and oxygen atoms in total. The predicted octanol–water partition coefficient (Wildman–Crippen LogP) is 1.55. The number of rotatable bonds is 5. The molecule has 0 unspecified atom stereocenters. The van der Waals surface area contributed by atoms with E-state index in [4.69, 9.17) is 0 Å². The van der Waals surface area contributed by atoms with Gasteiger partial charge in [-0.2, -0.15) is 4.31 Å². The molecule has 0 aliphatic carbocycles. The second-order valence-corrected chi connectivity index (χ2v) is 8.86. The third kappa shape index (κ3) is 4.48. The first-order chi connectivity index (χ1) is 13.7. The van der Waals surface area contributed by atoms with Gasteiger partial charge in [0, 0.05) is 37.9 Å². The molecule has 0 bridgehead atoms. The summed E-state index contributed by atoms with van der Waals surface area (Å²) in [6.07, 6.45) is 2.32. The maximum Gasteiger partial charge on any atom is 0.337 e. The fourth-order valence-electron chi connectivity index (χ4n) is 3.23. The number of carbonyl (C=O) groups excluding carboxylic acids is 2. The van der Waals surface area contributed by atoms with E-state index in [0.29, 0.717) is 29.9 Å². The molecule has 0 spiro atoms. The molecule has 1 aromatic carbocycles. The summed E-state index contributed by atoms with van der Waals surface area (Å²) in [5, 5.41) is 2.82. The Bertz CT molecular complexity index is 1000. The second-order valence-electron chi connectivity index (χ2n) is 6.98. The summed E-state index contributed by atoms with van der Waals surface area (Å²) in [5.41, 5.74) is 0.841. The smallest absolute Gasteiger partial charge is 0.337 e. The zero-order valence-electron chi connectivity index (χ0n) is 16.6. The lowest BCUT2D eigenvalue weighted by molar-refractivity contribution is -0.120. The van der Waals surface area contributed by atoms with Crippen LogP contribution in [0.25, 0.3) is 0 Å². The van der Waals surface area contributed by atoms with Gasteiger partial charge in [-0.1, -0.05) is 6.07 Å². The van der Waals surface area contributed by atoms with Gasteiger partial charge in [-0.25, -0.2) is 18.2 Å². The molecule has 1 saturated heterocycles. The van der Waals surface area contributed by atoms with E-state index >= 15 is 0 Å². The van der Waals surface area contributed by atoms with Gasteiger partial charge in [-0.3, -0.25) is 4.79 Å². The topological polar surface area (TPSA) is 111 Å². The maximum atomic E-state index is 12.8. The number of nitrogens with one attached hydrogen (secondary N) is 1. The Morgan fingerprint density at radius 1 is 1.24 bits per heavy atom. The molecule has 1 aromatic heterocycles.